The highest BCUT2D eigenvalue weighted by atomic mass is 32.1. The van der Waals surface area contributed by atoms with E-state index < -0.39 is 5.97 Å². The number of amides is 1. The van der Waals surface area contributed by atoms with E-state index in [1.165, 1.54) is 11.3 Å². The first-order valence-corrected chi connectivity index (χ1v) is 6.69. The van der Waals surface area contributed by atoms with Crippen LogP contribution in [-0.4, -0.2) is 23.5 Å². The Kier molecular flexibility index (Phi) is 4.30. The van der Waals surface area contributed by atoms with Crippen LogP contribution in [0.2, 0.25) is 0 Å². The van der Waals surface area contributed by atoms with Crippen molar-refractivity contribution in [3.05, 3.63) is 46.7 Å². The zero-order chi connectivity index (χ0) is 13.7. The van der Waals surface area contributed by atoms with E-state index in [0.29, 0.717) is 4.88 Å². The third kappa shape index (κ3) is 3.42. The van der Waals surface area contributed by atoms with Gasteiger partial charge >= 0.3 is 5.97 Å². The zero-order valence-electron chi connectivity index (χ0n) is 10.1. The Bertz CT molecular complexity index is 577. The first-order valence-electron chi connectivity index (χ1n) is 5.81. The molecule has 0 unspecified atom stereocenters. The highest BCUT2D eigenvalue weighted by Gasteiger charge is 2.14. The topological polar surface area (TPSA) is 66.4 Å². The summed E-state index contributed by atoms with van der Waals surface area (Å²) in [6, 6.07) is 11.5. The van der Waals surface area contributed by atoms with Gasteiger partial charge in [-0.15, -0.1) is 11.3 Å². The molecule has 2 rings (SSSR count). The van der Waals surface area contributed by atoms with Crippen LogP contribution in [0, 0.1) is 0 Å². The van der Waals surface area contributed by atoms with Gasteiger partial charge < -0.3 is 10.4 Å². The SMILES string of the molecule is O=C(O)CCNC(=O)c1sccc1-c1ccccc1. The van der Waals surface area contributed by atoms with E-state index in [1.807, 2.05) is 41.8 Å². The summed E-state index contributed by atoms with van der Waals surface area (Å²) < 4.78 is 0. The van der Waals surface area contributed by atoms with Crippen molar-refractivity contribution in [3.63, 3.8) is 0 Å². The standard InChI is InChI=1S/C14H13NO3S/c16-12(17)6-8-15-14(18)13-11(7-9-19-13)10-4-2-1-3-5-10/h1-5,7,9H,6,8H2,(H,15,18)(H,16,17). The van der Waals surface area contributed by atoms with Crippen LogP contribution >= 0.6 is 11.3 Å². The molecule has 1 heterocycles. The summed E-state index contributed by atoms with van der Waals surface area (Å²) in [4.78, 5) is 23.0. The summed E-state index contributed by atoms with van der Waals surface area (Å²) >= 11 is 1.35. The average Bonchev–Trinajstić information content (AvgIpc) is 2.88. The van der Waals surface area contributed by atoms with Gasteiger partial charge in [0.1, 0.15) is 0 Å². The molecule has 1 aromatic carbocycles. The summed E-state index contributed by atoms with van der Waals surface area (Å²) in [6.45, 7) is 0.139. The molecule has 0 saturated heterocycles. The molecule has 0 aliphatic heterocycles. The molecule has 98 valence electrons. The van der Waals surface area contributed by atoms with Crippen LogP contribution in [0.1, 0.15) is 16.1 Å². The molecule has 5 heteroatoms. The van der Waals surface area contributed by atoms with Crippen molar-refractivity contribution in [2.75, 3.05) is 6.54 Å². The number of hydrogen-bond donors (Lipinski definition) is 2. The largest absolute Gasteiger partial charge is 0.481 e. The minimum absolute atomic E-state index is 0.0716. The summed E-state index contributed by atoms with van der Waals surface area (Å²) in [5.74, 6) is -1.15. The van der Waals surface area contributed by atoms with Gasteiger partial charge in [-0.1, -0.05) is 30.3 Å². The van der Waals surface area contributed by atoms with E-state index in [1.54, 1.807) is 0 Å². The second-order valence-electron chi connectivity index (χ2n) is 3.93. The summed E-state index contributed by atoms with van der Waals surface area (Å²) in [7, 11) is 0. The summed E-state index contributed by atoms with van der Waals surface area (Å²) in [5, 5.41) is 13.0. The van der Waals surface area contributed by atoms with Gasteiger partial charge in [0.05, 0.1) is 11.3 Å². The molecule has 0 atom stereocenters. The van der Waals surface area contributed by atoms with E-state index in [0.717, 1.165) is 11.1 Å². The molecular formula is C14H13NO3S. The van der Waals surface area contributed by atoms with Crippen LogP contribution in [0.3, 0.4) is 0 Å². The number of nitrogens with one attached hydrogen (secondary N) is 1. The molecule has 0 fully saturated rings. The number of carbonyl (C=O) groups is 2. The number of hydrogen-bond acceptors (Lipinski definition) is 3. The quantitative estimate of drug-likeness (QED) is 0.881. The molecular weight excluding hydrogens is 262 g/mol. The van der Waals surface area contributed by atoms with Gasteiger partial charge in [0, 0.05) is 12.1 Å². The molecule has 0 aliphatic carbocycles. The van der Waals surface area contributed by atoms with E-state index in [2.05, 4.69) is 5.32 Å². The average molecular weight is 275 g/mol. The van der Waals surface area contributed by atoms with E-state index in [-0.39, 0.29) is 18.9 Å². The van der Waals surface area contributed by atoms with Gasteiger partial charge in [-0.2, -0.15) is 0 Å². The molecule has 1 amide bonds. The van der Waals surface area contributed by atoms with Crippen LogP contribution in [0.25, 0.3) is 11.1 Å². The third-order valence-electron chi connectivity index (χ3n) is 2.58. The van der Waals surface area contributed by atoms with Crippen molar-refractivity contribution in [3.8, 4) is 11.1 Å². The number of carboxylic acid groups (broad SMARTS) is 1. The molecule has 2 N–H and O–H groups in total. The van der Waals surface area contributed by atoms with E-state index in [4.69, 9.17) is 5.11 Å². The van der Waals surface area contributed by atoms with E-state index in [9.17, 15) is 9.59 Å². The predicted octanol–water partition coefficient (Wildman–Crippen LogP) is 2.62. The Labute approximate surface area is 114 Å². The van der Waals surface area contributed by atoms with Crippen LogP contribution in [-0.2, 0) is 4.79 Å². The second kappa shape index (κ2) is 6.15. The Balaban J connectivity index is 2.11. The van der Waals surface area contributed by atoms with Gasteiger partial charge in [0.15, 0.2) is 0 Å². The highest BCUT2D eigenvalue weighted by molar-refractivity contribution is 7.12. The van der Waals surface area contributed by atoms with Crippen LogP contribution in [0.4, 0.5) is 0 Å². The van der Waals surface area contributed by atoms with Crippen molar-refractivity contribution >= 4 is 23.2 Å². The number of benzene rings is 1. The fourth-order valence-corrected chi connectivity index (χ4v) is 2.53. The monoisotopic (exact) mass is 275 g/mol. The number of carboxylic acids is 1. The van der Waals surface area contributed by atoms with Gasteiger partial charge in [-0.3, -0.25) is 9.59 Å². The number of aliphatic carboxylic acids is 1. The molecule has 0 radical (unpaired) electrons. The molecule has 0 aliphatic rings. The second-order valence-corrected chi connectivity index (χ2v) is 4.85. The van der Waals surface area contributed by atoms with Crippen molar-refractivity contribution in [2.24, 2.45) is 0 Å². The molecule has 1 aromatic heterocycles. The smallest absolute Gasteiger partial charge is 0.305 e. The Morgan fingerprint density at radius 1 is 1.16 bits per heavy atom. The number of thiophene rings is 1. The molecule has 2 aromatic rings. The molecule has 0 saturated carbocycles. The molecule has 4 nitrogen and oxygen atoms in total. The molecule has 19 heavy (non-hydrogen) atoms. The lowest BCUT2D eigenvalue weighted by atomic mass is 10.1. The lowest BCUT2D eigenvalue weighted by Gasteiger charge is -2.05. The maximum absolute atomic E-state index is 12.0. The minimum atomic E-state index is -0.922. The van der Waals surface area contributed by atoms with Gasteiger partial charge in [-0.05, 0) is 17.0 Å². The van der Waals surface area contributed by atoms with Crippen LogP contribution in [0.15, 0.2) is 41.8 Å². The Morgan fingerprint density at radius 2 is 1.89 bits per heavy atom. The lowest BCUT2D eigenvalue weighted by Crippen LogP contribution is -2.25. The minimum Gasteiger partial charge on any atom is -0.481 e. The zero-order valence-corrected chi connectivity index (χ0v) is 10.9. The number of carbonyl (C=O) groups excluding carboxylic acids is 1. The van der Waals surface area contributed by atoms with Crippen molar-refractivity contribution in [2.45, 2.75) is 6.42 Å². The summed E-state index contributed by atoms with van der Waals surface area (Å²) in [6.07, 6.45) is -0.0716. The maximum atomic E-state index is 12.0. The fraction of sp³-hybridized carbons (Fsp3) is 0.143. The normalized spacial score (nSPS) is 10.1. The van der Waals surface area contributed by atoms with Gasteiger partial charge in [0.2, 0.25) is 0 Å². The highest BCUT2D eigenvalue weighted by Crippen LogP contribution is 2.27. The first-order chi connectivity index (χ1) is 9.18. The predicted molar refractivity (Wildman–Crippen MR) is 74.3 cm³/mol. The fourth-order valence-electron chi connectivity index (χ4n) is 1.69. The van der Waals surface area contributed by atoms with Crippen molar-refractivity contribution in [1.29, 1.82) is 0 Å². The Morgan fingerprint density at radius 3 is 2.58 bits per heavy atom. The van der Waals surface area contributed by atoms with E-state index >= 15 is 0 Å². The molecule has 0 bridgehead atoms. The molecule has 0 spiro atoms. The summed E-state index contributed by atoms with van der Waals surface area (Å²) in [5.41, 5.74) is 1.85. The van der Waals surface area contributed by atoms with Crippen molar-refractivity contribution in [1.82, 2.24) is 5.32 Å². The Hall–Kier alpha value is -2.14. The maximum Gasteiger partial charge on any atom is 0.305 e. The van der Waals surface area contributed by atoms with Crippen LogP contribution in [0.5, 0.6) is 0 Å². The number of rotatable bonds is 5. The van der Waals surface area contributed by atoms with Gasteiger partial charge in [-0.25, -0.2) is 0 Å². The van der Waals surface area contributed by atoms with Crippen molar-refractivity contribution < 1.29 is 14.7 Å². The lowest BCUT2D eigenvalue weighted by molar-refractivity contribution is -0.136. The first kappa shape index (κ1) is 13.3. The van der Waals surface area contributed by atoms with Gasteiger partial charge in [0.25, 0.3) is 5.91 Å². The van der Waals surface area contributed by atoms with Crippen LogP contribution < -0.4 is 5.32 Å². The third-order valence-corrected chi connectivity index (χ3v) is 3.49.